The van der Waals surface area contributed by atoms with Crippen LogP contribution in [0.3, 0.4) is 0 Å². The van der Waals surface area contributed by atoms with Crippen molar-refractivity contribution in [3.8, 4) is 5.75 Å². The topological polar surface area (TPSA) is 29.5 Å². The van der Waals surface area contributed by atoms with Gasteiger partial charge < -0.3 is 9.64 Å². The minimum atomic E-state index is -0.0886. The van der Waals surface area contributed by atoms with Crippen LogP contribution in [0.5, 0.6) is 5.75 Å². The molecule has 2 rings (SSSR count). The number of carbonyl (C=O) groups is 1. The molecule has 2 aromatic rings. The molecule has 21 heavy (non-hydrogen) atoms. The second-order valence-corrected chi connectivity index (χ2v) is 5.98. The van der Waals surface area contributed by atoms with Gasteiger partial charge in [0, 0.05) is 23.1 Å². The number of nitrogens with zero attached hydrogens (tertiary/aromatic N) is 1. The van der Waals surface area contributed by atoms with E-state index in [1.165, 1.54) is 0 Å². The third-order valence-electron chi connectivity index (χ3n) is 3.07. The largest absolute Gasteiger partial charge is 0.496 e. The molecule has 0 fully saturated rings. The summed E-state index contributed by atoms with van der Waals surface area (Å²) in [5.74, 6) is 0.464. The summed E-state index contributed by atoms with van der Waals surface area (Å²) in [6, 6.07) is 12.8. The van der Waals surface area contributed by atoms with Crippen LogP contribution in [-0.4, -0.2) is 25.0 Å². The molecule has 1 amide bonds. The summed E-state index contributed by atoms with van der Waals surface area (Å²) < 4.78 is 6.14. The Balaban J connectivity index is 2.17. The molecule has 0 radical (unpaired) electrons. The van der Waals surface area contributed by atoms with E-state index in [4.69, 9.17) is 16.3 Å². The number of methoxy groups -OCH3 is 1. The molecule has 0 unspecified atom stereocenters. The molecule has 0 aliphatic heterocycles. The molecule has 0 aliphatic rings. The van der Waals surface area contributed by atoms with Crippen LogP contribution < -0.4 is 4.74 Å². The van der Waals surface area contributed by atoms with Crippen molar-refractivity contribution in [2.45, 2.75) is 6.54 Å². The van der Waals surface area contributed by atoms with Crippen LogP contribution in [0, 0.1) is 0 Å². The maximum Gasteiger partial charge on any atom is 0.257 e. The first kappa shape index (κ1) is 15.9. The van der Waals surface area contributed by atoms with Gasteiger partial charge in [-0.15, -0.1) is 0 Å². The molecule has 0 saturated carbocycles. The van der Waals surface area contributed by atoms with Gasteiger partial charge in [0.15, 0.2) is 0 Å². The Kier molecular flexibility index (Phi) is 5.26. The van der Waals surface area contributed by atoms with Crippen LogP contribution in [0.1, 0.15) is 15.9 Å². The van der Waals surface area contributed by atoms with Gasteiger partial charge in [0.1, 0.15) is 5.75 Å². The molecule has 110 valence electrons. The lowest BCUT2D eigenvalue weighted by Gasteiger charge is -2.19. The lowest BCUT2D eigenvalue weighted by atomic mass is 10.1. The van der Waals surface area contributed by atoms with E-state index < -0.39 is 0 Å². The zero-order valence-corrected chi connectivity index (χ0v) is 14.1. The second-order valence-electron chi connectivity index (χ2n) is 4.63. The molecule has 0 spiro atoms. The van der Waals surface area contributed by atoms with E-state index in [-0.39, 0.29) is 5.91 Å². The second kappa shape index (κ2) is 6.96. The number of rotatable bonds is 4. The highest BCUT2D eigenvalue weighted by Gasteiger charge is 2.17. The standard InChI is InChI=1S/C16H15BrClNO2/c1-19(10-11-3-6-13(18)7-4-11)16(20)14-8-5-12(17)9-15(14)21-2/h3-9H,10H2,1-2H3. The molecular formula is C16H15BrClNO2. The average Bonchev–Trinajstić information content (AvgIpc) is 2.48. The monoisotopic (exact) mass is 367 g/mol. The minimum absolute atomic E-state index is 0.0886. The summed E-state index contributed by atoms with van der Waals surface area (Å²) in [4.78, 5) is 14.2. The number of hydrogen-bond donors (Lipinski definition) is 0. The fourth-order valence-corrected chi connectivity index (χ4v) is 2.45. The molecule has 2 aromatic carbocycles. The van der Waals surface area contributed by atoms with E-state index in [0.29, 0.717) is 22.9 Å². The molecular weight excluding hydrogens is 354 g/mol. The molecule has 0 N–H and O–H groups in total. The van der Waals surface area contributed by atoms with Crippen LogP contribution in [0.15, 0.2) is 46.9 Å². The Labute approximate surface area is 137 Å². The summed E-state index contributed by atoms with van der Waals surface area (Å²) >= 11 is 9.23. The predicted molar refractivity (Wildman–Crippen MR) is 87.9 cm³/mol. The molecule has 0 heterocycles. The van der Waals surface area contributed by atoms with E-state index in [1.807, 2.05) is 30.3 Å². The summed E-state index contributed by atoms with van der Waals surface area (Å²) in [6.07, 6.45) is 0. The maximum absolute atomic E-state index is 12.5. The van der Waals surface area contributed by atoms with Crippen molar-refractivity contribution in [3.05, 3.63) is 63.1 Å². The summed E-state index contributed by atoms with van der Waals surface area (Å²) in [5, 5.41) is 0.683. The highest BCUT2D eigenvalue weighted by Crippen LogP contribution is 2.25. The van der Waals surface area contributed by atoms with Crippen molar-refractivity contribution in [2.24, 2.45) is 0 Å². The Bertz CT molecular complexity index is 643. The van der Waals surface area contributed by atoms with Crippen molar-refractivity contribution in [1.29, 1.82) is 0 Å². The van der Waals surface area contributed by atoms with Crippen LogP contribution in [-0.2, 0) is 6.54 Å². The maximum atomic E-state index is 12.5. The highest BCUT2D eigenvalue weighted by molar-refractivity contribution is 9.10. The van der Waals surface area contributed by atoms with E-state index >= 15 is 0 Å². The molecule has 0 saturated heterocycles. The average molecular weight is 369 g/mol. The summed E-state index contributed by atoms with van der Waals surface area (Å²) in [7, 11) is 3.32. The summed E-state index contributed by atoms with van der Waals surface area (Å²) in [6.45, 7) is 0.509. The predicted octanol–water partition coefficient (Wildman–Crippen LogP) is 4.38. The number of hydrogen-bond acceptors (Lipinski definition) is 2. The van der Waals surface area contributed by atoms with E-state index in [0.717, 1.165) is 10.0 Å². The third kappa shape index (κ3) is 3.99. The first-order valence-electron chi connectivity index (χ1n) is 6.34. The zero-order valence-electron chi connectivity index (χ0n) is 11.8. The molecule has 0 bridgehead atoms. The first-order chi connectivity index (χ1) is 10.0. The zero-order chi connectivity index (χ0) is 15.4. The number of halogens is 2. The van der Waals surface area contributed by atoms with E-state index in [9.17, 15) is 4.79 Å². The van der Waals surface area contributed by atoms with Crippen LogP contribution in [0.4, 0.5) is 0 Å². The first-order valence-corrected chi connectivity index (χ1v) is 7.52. The molecule has 0 aliphatic carbocycles. The molecule has 0 atom stereocenters. The Morgan fingerprint density at radius 1 is 1.24 bits per heavy atom. The lowest BCUT2D eigenvalue weighted by molar-refractivity contribution is 0.0781. The fraction of sp³-hybridized carbons (Fsp3) is 0.188. The molecule has 3 nitrogen and oxygen atoms in total. The van der Waals surface area contributed by atoms with Crippen molar-refractivity contribution in [1.82, 2.24) is 4.90 Å². The van der Waals surface area contributed by atoms with Crippen LogP contribution >= 0.6 is 27.5 Å². The van der Waals surface area contributed by atoms with Crippen molar-refractivity contribution >= 4 is 33.4 Å². The Morgan fingerprint density at radius 3 is 2.52 bits per heavy atom. The number of carbonyl (C=O) groups excluding carboxylic acids is 1. The normalized spacial score (nSPS) is 10.3. The van der Waals surface area contributed by atoms with Gasteiger partial charge >= 0.3 is 0 Å². The summed E-state index contributed by atoms with van der Waals surface area (Å²) in [5.41, 5.74) is 1.56. The molecule has 5 heteroatoms. The highest BCUT2D eigenvalue weighted by atomic mass is 79.9. The van der Waals surface area contributed by atoms with Gasteiger partial charge in [-0.05, 0) is 35.9 Å². The van der Waals surface area contributed by atoms with Gasteiger partial charge in [0.2, 0.25) is 0 Å². The van der Waals surface area contributed by atoms with Gasteiger partial charge in [0.05, 0.1) is 12.7 Å². The number of ether oxygens (including phenoxy) is 1. The third-order valence-corrected chi connectivity index (χ3v) is 3.82. The van der Waals surface area contributed by atoms with Crippen molar-refractivity contribution in [3.63, 3.8) is 0 Å². The quantitative estimate of drug-likeness (QED) is 0.801. The van der Waals surface area contributed by atoms with Gasteiger partial charge in [-0.3, -0.25) is 4.79 Å². The van der Waals surface area contributed by atoms with Gasteiger partial charge in [-0.1, -0.05) is 39.7 Å². The van der Waals surface area contributed by atoms with E-state index in [2.05, 4.69) is 15.9 Å². The lowest BCUT2D eigenvalue weighted by Crippen LogP contribution is -2.26. The number of benzene rings is 2. The number of amides is 1. The molecule has 0 aromatic heterocycles. The Hall–Kier alpha value is -1.52. The van der Waals surface area contributed by atoms with E-state index in [1.54, 1.807) is 31.2 Å². The van der Waals surface area contributed by atoms with Crippen LogP contribution in [0.25, 0.3) is 0 Å². The van der Waals surface area contributed by atoms with Gasteiger partial charge in [-0.2, -0.15) is 0 Å². The van der Waals surface area contributed by atoms with Crippen LogP contribution in [0.2, 0.25) is 5.02 Å². The SMILES string of the molecule is COc1cc(Br)ccc1C(=O)N(C)Cc1ccc(Cl)cc1. The minimum Gasteiger partial charge on any atom is -0.496 e. The Morgan fingerprint density at radius 2 is 1.90 bits per heavy atom. The van der Waals surface area contributed by atoms with Crippen molar-refractivity contribution in [2.75, 3.05) is 14.2 Å². The smallest absolute Gasteiger partial charge is 0.257 e. The fourth-order valence-electron chi connectivity index (χ4n) is 1.98. The van der Waals surface area contributed by atoms with Crippen molar-refractivity contribution < 1.29 is 9.53 Å². The van der Waals surface area contributed by atoms with Gasteiger partial charge in [-0.25, -0.2) is 0 Å². The van der Waals surface area contributed by atoms with Gasteiger partial charge in [0.25, 0.3) is 5.91 Å².